The first kappa shape index (κ1) is 49.9. The van der Waals surface area contributed by atoms with Gasteiger partial charge in [0.1, 0.15) is 11.4 Å². The van der Waals surface area contributed by atoms with Crippen molar-refractivity contribution in [1.82, 2.24) is 24.8 Å². The van der Waals surface area contributed by atoms with Gasteiger partial charge in [0.2, 0.25) is 0 Å². The lowest BCUT2D eigenvalue weighted by Crippen LogP contribution is -2.32. The van der Waals surface area contributed by atoms with Crippen molar-refractivity contribution in [2.45, 2.75) is 60.1 Å². The number of amides is 1. The third-order valence-electron chi connectivity index (χ3n) is 8.20. The lowest BCUT2D eigenvalue weighted by atomic mass is 10.1. The number of alkyl halides is 3. The summed E-state index contributed by atoms with van der Waals surface area (Å²) in [6.07, 6.45) is -5.06. The van der Waals surface area contributed by atoms with E-state index in [4.69, 9.17) is 23.9 Å². The number of nitrogens with one attached hydrogen (secondary N) is 1. The van der Waals surface area contributed by atoms with Crippen molar-refractivity contribution in [2.24, 2.45) is 0 Å². The molecule has 3 aromatic heterocycles. The van der Waals surface area contributed by atoms with Gasteiger partial charge >= 0.3 is 36.0 Å². The number of aromatic nitrogens is 3. The first-order chi connectivity index (χ1) is 30.0. The zero-order valence-corrected chi connectivity index (χ0v) is 37.8. The number of ether oxygens (including phenoxy) is 4. The molecule has 0 saturated carbocycles. The summed E-state index contributed by atoms with van der Waals surface area (Å²) in [4.78, 5) is 79.7. The Bertz CT molecular complexity index is 2230. The molecule has 0 unspecified atom stereocenters. The van der Waals surface area contributed by atoms with Crippen LogP contribution in [0.2, 0.25) is 0 Å². The molecule has 63 heavy (non-hydrogen) atoms. The molecule has 0 aliphatic rings. The van der Waals surface area contributed by atoms with E-state index in [0.29, 0.717) is 42.8 Å². The minimum atomic E-state index is -5.06. The third kappa shape index (κ3) is 16.8. The van der Waals surface area contributed by atoms with E-state index >= 15 is 0 Å². The van der Waals surface area contributed by atoms with Crippen LogP contribution in [0.1, 0.15) is 82.6 Å². The van der Waals surface area contributed by atoms with Crippen molar-refractivity contribution in [2.75, 3.05) is 44.8 Å². The number of benzene rings is 1. The van der Waals surface area contributed by atoms with Crippen LogP contribution in [0.25, 0.3) is 0 Å². The Morgan fingerprint density at radius 3 is 1.38 bits per heavy atom. The molecule has 0 aliphatic heterocycles. The molecule has 0 radical (unpaired) electrons. The molecule has 0 bridgehead atoms. The van der Waals surface area contributed by atoms with Gasteiger partial charge in [-0.15, -0.1) is 0 Å². The summed E-state index contributed by atoms with van der Waals surface area (Å²) in [6, 6.07) is 15.2. The van der Waals surface area contributed by atoms with Gasteiger partial charge in [-0.1, -0.05) is 43.7 Å². The van der Waals surface area contributed by atoms with Gasteiger partial charge in [0.05, 0.1) is 62.3 Å². The highest BCUT2D eigenvalue weighted by Crippen LogP contribution is 2.21. The Hall–Kier alpha value is -5.75. The Balaban J connectivity index is 1.77. The lowest BCUT2D eigenvalue weighted by Gasteiger charge is -2.23. The number of pyridine rings is 3. The number of hydrogen-bond acceptors (Lipinski definition) is 14. The summed E-state index contributed by atoms with van der Waals surface area (Å²) in [6.45, 7) is 7.01. The fourth-order valence-electron chi connectivity index (χ4n) is 5.78. The second-order valence-corrected chi connectivity index (χ2v) is 15.1. The fourth-order valence-corrected chi connectivity index (χ4v) is 6.74. The molecular formula is C43H43Br2F3N6O9. The zero-order valence-electron chi connectivity index (χ0n) is 34.6. The van der Waals surface area contributed by atoms with Gasteiger partial charge in [0.25, 0.3) is 0 Å². The number of halogens is 5. The standard InChI is InChI=1S/C43H43Br2F3N6O9/c1-5-60-38(55)25-53(23-34-17-29(44)19-36(50-34)40(57)62-7-3)21-32-15-28(10-9-27-11-13-31(14-12-27)52-42(59)43(46,47)48)16-33(49-32)22-54(26-39(56)61-6-2)24-35-18-30(45)20-37(51-35)41(58)63-8-4/h11-20H,5-8,21-26H2,1-4H3,(H,52,59). The Kier molecular flexibility index (Phi) is 19.2. The average molecular weight is 1000 g/mol. The number of hydrogen-bond donors (Lipinski definition) is 1. The van der Waals surface area contributed by atoms with Crippen molar-refractivity contribution in [3.8, 4) is 11.8 Å². The number of nitrogens with zero attached hydrogens (tertiary/aromatic N) is 5. The van der Waals surface area contributed by atoms with E-state index in [-0.39, 0.29) is 82.8 Å². The van der Waals surface area contributed by atoms with Crippen molar-refractivity contribution in [3.05, 3.63) is 115 Å². The molecule has 15 nitrogen and oxygen atoms in total. The van der Waals surface area contributed by atoms with Crippen LogP contribution >= 0.6 is 31.9 Å². The maximum Gasteiger partial charge on any atom is 0.471 e. The van der Waals surface area contributed by atoms with Crippen LogP contribution in [0.3, 0.4) is 0 Å². The number of esters is 4. The van der Waals surface area contributed by atoms with E-state index in [1.165, 1.54) is 36.4 Å². The van der Waals surface area contributed by atoms with Gasteiger partial charge in [-0.25, -0.2) is 19.6 Å². The molecule has 1 aromatic carbocycles. The van der Waals surface area contributed by atoms with E-state index in [9.17, 15) is 37.1 Å². The first-order valence-corrected chi connectivity index (χ1v) is 21.0. The van der Waals surface area contributed by atoms with E-state index < -0.39 is 36.0 Å². The summed E-state index contributed by atoms with van der Waals surface area (Å²) in [5, 5.41) is 1.79. The van der Waals surface area contributed by atoms with E-state index in [1.54, 1.807) is 67.1 Å². The fraction of sp³-hybridized carbons (Fsp3) is 0.349. The van der Waals surface area contributed by atoms with E-state index in [2.05, 4.69) is 53.7 Å². The molecule has 1 amide bonds. The van der Waals surface area contributed by atoms with E-state index in [0.717, 1.165) is 0 Å². The summed E-state index contributed by atoms with van der Waals surface area (Å²) < 4.78 is 60.3. The highest BCUT2D eigenvalue weighted by atomic mass is 79.9. The van der Waals surface area contributed by atoms with Crippen molar-refractivity contribution in [3.63, 3.8) is 0 Å². The van der Waals surface area contributed by atoms with Crippen LogP contribution in [-0.4, -0.2) is 100 Å². The molecular weight excluding hydrogens is 961 g/mol. The predicted molar refractivity (Wildman–Crippen MR) is 229 cm³/mol. The van der Waals surface area contributed by atoms with Gasteiger partial charge in [-0.05, 0) is 88.4 Å². The van der Waals surface area contributed by atoms with Gasteiger partial charge in [0, 0.05) is 51.9 Å². The second-order valence-electron chi connectivity index (χ2n) is 13.3. The predicted octanol–water partition coefficient (Wildman–Crippen LogP) is 6.78. The second kappa shape index (κ2) is 24.2. The number of anilines is 1. The molecule has 334 valence electrons. The maximum absolute atomic E-state index is 12.9. The smallest absolute Gasteiger partial charge is 0.465 e. The monoisotopic (exact) mass is 1000 g/mol. The molecule has 0 saturated heterocycles. The molecule has 0 aliphatic carbocycles. The molecule has 3 heterocycles. The quantitative estimate of drug-likeness (QED) is 0.0590. The molecule has 0 fully saturated rings. The molecule has 4 aromatic rings. The molecule has 4 rings (SSSR count). The topological polar surface area (TPSA) is 179 Å². The Labute approximate surface area is 378 Å². The van der Waals surface area contributed by atoms with Crippen LogP contribution in [-0.2, 0) is 59.5 Å². The van der Waals surface area contributed by atoms with Crippen molar-refractivity contribution in [1.29, 1.82) is 0 Å². The van der Waals surface area contributed by atoms with Crippen LogP contribution in [0.15, 0.2) is 69.6 Å². The maximum atomic E-state index is 12.9. The SMILES string of the molecule is CCOC(=O)CN(Cc1cc(C#Cc2ccc(NC(=O)C(F)(F)F)cc2)cc(CN(CC(=O)OCC)Cc2cc(Br)cc(C(=O)OCC)n2)n1)Cc1cc(Br)cc(C(=O)OCC)n1. The van der Waals surface area contributed by atoms with Crippen molar-refractivity contribution < 1.29 is 56.1 Å². The first-order valence-electron chi connectivity index (χ1n) is 19.4. The third-order valence-corrected chi connectivity index (χ3v) is 9.11. The van der Waals surface area contributed by atoms with Crippen molar-refractivity contribution >= 4 is 67.3 Å². The van der Waals surface area contributed by atoms with Crippen LogP contribution in [0, 0.1) is 11.8 Å². The zero-order chi connectivity index (χ0) is 46.1. The van der Waals surface area contributed by atoms with Gasteiger partial charge in [-0.2, -0.15) is 13.2 Å². The highest BCUT2D eigenvalue weighted by Gasteiger charge is 2.38. The number of rotatable bonds is 19. The molecule has 0 atom stereocenters. The lowest BCUT2D eigenvalue weighted by molar-refractivity contribution is -0.167. The van der Waals surface area contributed by atoms with Crippen LogP contribution in [0.5, 0.6) is 0 Å². The number of carbonyl (C=O) groups is 5. The minimum absolute atomic E-state index is 0.0336. The average Bonchev–Trinajstić information content (AvgIpc) is 3.20. The van der Waals surface area contributed by atoms with Crippen LogP contribution < -0.4 is 5.32 Å². The van der Waals surface area contributed by atoms with Gasteiger partial charge < -0.3 is 24.3 Å². The Morgan fingerprint density at radius 2 is 0.984 bits per heavy atom. The molecule has 20 heteroatoms. The minimum Gasteiger partial charge on any atom is -0.465 e. The summed E-state index contributed by atoms with van der Waals surface area (Å²) in [5.74, 6) is 1.59. The number of carbonyl (C=O) groups excluding carboxylic acids is 5. The van der Waals surface area contributed by atoms with Crippen LogP contribution in [0.4, 0.5) is 18.9 Å². The summed E-state index contributed by atoms with van der Waals surface area (Å²) in [7, 11) is 0. The normalized spacial score (nSPS) is 11.1. The Morgan fingerprint density at radius 1 is 0.587 bits per heavy atom. The van der Waals surface area contributed by atoms with Gasteiger partial charge in [0.15, 0.2) is 0 Å². The van der Waals surface area contributed by atoms with E-state index in [1.807, 2.05) is 0 Å². The largest absolute Gasteiger partial charge is 0.471 e. The molecule has 1 N–H and O–H groups in total. The summed E-state index contributed by atoms with van der Waals surface area (Å²) >= 11 is 6.84. The van der Waals surface area contributed by atoms with Gasteiger partial charge in [-0.3, -0.25) is 29.2 Å². The highest BCUT2D eigenvalue weighted by molar-refractivity contribution is 9.10. The molecule has 0 spiro atoms. The summed E-state index contributed by atoms with van der Waals surface area (Å²) in [5.41, 5.74) is 2.57.